The number of benzene rings is 1. The van der Waals surface area contributed by atoms with Gasteiger partial charge in [-0.05, 0) is 70.1 Å². The number of hydroxylamine groups is 2. The maximum atomic E-state index is 15.5. The molecule has 1 aromatic rings. The van der Waals surface area contributed by atoms with Crippen LogP contribution < -0.4 is 5.32 Å². The predicted molar refractivity (Wildman–Crippen MR) is 225 cm³/mol. The Morgan fingerprint density at radius 2 is 1.69 bits per heavy atom. The van der Waals surface area contributed by atoms with Gasteiger partial charge in [-0.25, -0.2) is 0 Å². The number of carbonyl (C=O) groups is 5. The molecule has 15 heteroatoms. The molecule has 3 amide bonds. The Hall–Kier alpha value is -3.89. The number of likely N-dealkylation sites (N-methyl/N-ethyl adjacent to an activating group) is 1. The van der Waals surface area contributed by atoms with Crippen LogP contribution in [0.4, 0.5) is 0 Å². The maximum Gasteiger partial charge on any atom is 0.327 e. The zero-order chi connectivity index (χ0) is 44.1. The van der Waals surface area contributed by atoms with E-state index >= 15 is 4.79 Å². The van der Waals surface area contributed by atoms with Crippen molar-refractivity contribution in [1.82, 2.24) is 20.2 Å². The third-order valence-electron chi connectivity index (χ3n) is 12.7. The van der Waals surface area contributed by atoms with E-state index in [1.165, 1.54) is 11.0 Å². The van der Waals surface area contributed by atoms with Gasteiger partial charge in [0.2, 0.25) is 17.7 Å². The highest BCUT2D eigenvalue weighted by atomic mass is 16.8. The monoisotopic (exact) mass is 852 g/mol. The summed E-state index contributed by atoms with van der Waals surface area (Å²) in [6, 6.07) is 4.79. The number of ether oxygens (including phenoxy) is 4. The van der Waals surface area contributed by atoms with Gasteiger partial charge in [-0.3, -0.25) is 28.8 Å². The smallest absolute Gasteiger partial charge is 0.327 e. The molecule has 6 rings (SSSR count). The third-order valence-corrected chi connectivity index (χ3v) is 12.7. The van der Waals surface area contributed by atoms with E-state index in [0.29, 0.717) is 25.7 Å². The van der Waals surface area contributed by atoms with Crippen molar-refractivity contribution >= 4 is 35.7 Å². The normalized spacial score (nSPS) is 28.4. The zero-order valence-corrected chi connectivity index (χ0v) is 37.2. The standard InChI is InChI=1S/C46H68N4O11/c1-8-10-12-24-45(25-13-11-9-2)59-37-34-27-46(43(56)49-26-14-15-33(49)41(54)47-32(29-51)21-23-36(53)58-44(3,4)5)39(42(55)57-34)50(61-40(46)38(37)60-45)28-31-18-16-30(17-19-31)20-22-35(52)48(6)7/h16-20,22,32-34,37-40,51H,8-15,21,23-29H2,1-7H3,(H,47,54)/t32-,33+,34+,37-,38-,39-,40+,46-/m0/s1. The molecule has 2 bridgehead atoms. The highest BCUT2D eigenvalue weighted by molar-refractivity contribution is 5.97. The molecule has 5 aliphatic rings. The molecule has 15 nitrogen and oxygen atoms in total. The van der Waals surface area contributed by atoms with Gasteiger partial charge >= 0.3 is 11.9 Å². The Kier molecular flexibility index (Phi) is 15.0. The number of carbonyl (C=O) groups excluding carboxylic acids is 5. The van der Waals surface area contributed by atoms with E-state index in [1.54, 1.807) is 50.9 Å². The van der Waals surface area contributed by atoms with Crippen LogP contribution in [0.25, 0.3) is 6.08 Å². The second kappa shape index (κ2) is 19.7. The van der Waals surface area contributed by atoms with Gasteiger partial charge in [0.05, 0.1) is 19.2 Å². The summed E-state index contributed by atoms with van der Waals surface area (Å²) in [5.74, 6) is -2.90. The zero-order valence-electron chi connectivity index (χ0n) is 37.2. The molecule has 4 aliphatic heterocycles. The lowest BCUT2D eigenvalue weighted by Crippen LogP contribution is -2.70. The number of nitrogens with zero attached hydrogens (tertiary/aromatic N) is 3. The van der Waals surface area contributed by atoms with Crippen LogP contribution in [0.1, 0.15) is 129 Å². The lowest BCUT2D eigenvalue weighted by atomic mass is 9.62. The Bertz CT molecular complexity index is 1750. The first-order valence-electron chi connectivity index (χ1n) is 22.5. The number of hydrogen-bond acceptors (Lipinski definition) is 12. The fourth-order valence-corrected chi connectivity index (χ4v) is 9.65. The molecule has 0 spiro atoms. The molecule has 61 heavy (non-hydrogen) atoms. The van der Waals surface area contributed by atoms with Crippen molar-refractivity contribution in [2.45, 2.75) is 179 Å². The number of nitrogens with one attached hydrogen (secondary N) is 1. The molecule has 0 radical (unpaired) electrons. The van der Waals surface area contributed by atoms with Gasteiger partial charge in [-0.2, -0.15) is 5.06 Å². The minimum absolute atomic E-state index is 0.00219. The van der Waals surface area contributed by atoms with Gasteiger partial charge in [-0.15, -0.1) is 0 Å². The molecule has 8 atom stereocenters. The number of likely N-dealkylation sites (tertiary alicyclic amines) is 1. The van der Waals surface area contributed by atoms with E-state index in [9.17, 15) is 24.3 Å². The molecular weight excluding hydrogens is 785 g/mol. The van der Waals surface area contributed by atoms with Gasteiger partial charge in [-0.1, -0.05) is 63.8 Å². The van der Waals surface area contributed by atoms with E-state index < -0.39 is 83.8 Å². The van der Waals surface area contributed by atoms with Gasteiger partial charge in [0.1, 0.15) is 41.5 Å². The number of unbranched alkanes of at least 4 members (excludes halogenated alkanes) is 4. The molecule has 0 unspecified atom stereocenters. The second-order valence-electron chi connectivity index (χ2n) is 18.7. The Morgan fingerprint density at radius 1 is 1.02 bits per heavy atom. The van der Waals surface area contributed by atoms with Gasteiger partial charge in [0.25, 0.3) is 0 Å². The summed E-state index contributed by atoms with van der Waals surface area (Å²) in [6.45, 7) is 9.65. The van der Waals surface area contributed by atoms with Crippen LogP contribution in [0.15, 0.2) is 30.3 Å². The lowest BCUT2D eigenvalue weighted by Gasteiger charge is -2.50. The van der Waals surface area contributed by atoms with Crippen molar-refractivity contribution in [3.8, 4) is 0 Å². The molecule has 1 saturated carbocycles. The van der Waals surface area contributed by atoms with Crippen molar-refractivity contribution in [2.24, 2.45) is 5.41 Å². The average molecular weight is 853 g/mol. The topological polar surface area (TPSA) is 173 Å². The number of fused-ring (bicyclic) bond motifs is 4. The minimum Gasteiger partial charge on any atom is -0.460 e. The maximum absolute atomic E-state index is 15.5. The summed E-state index contributed by atoms with van der Waals surface area (Å²) < 4.78 is 25.6. The van der Waals surface area contributed by atoms with Gasteiger partial charge < -0.3 is 39.2 Å². The van der Waals surface area contributed by atoms with Crippen LogP contribution in [-0.4, -0.2) is 131 Å². The highest BCUT2D eigenvalue weighted by Gasteiger charge is 2.77. The summed E-state index contributed by atoms with van der Waals surface area (Å²) in [5.41, 5.74) is -0.506. The first-order chi connectivity index (χ1) is 29.0. The molecule has 338 valence electrons. The average Bonchev–Trinajstić information content (AvgIpc) is 3.94. The number of hydrogen-bond donors (Lipinski definition) is 2. The Morgan fingerprint density at radius 3 is 2.31 bits per heavy atom. The molecular formula is C46H68N4O11. The molecule has 2 N–H and O–H groups in total. The van der Waals surface area contributed by atoms with Gasteiger partial charge in [0.15, 0.2) is 11.8 Å². The summed E-state index contributed by atoms with van der Waals surface area (Å²) >= 11 is 0. The molecule has 1 aliphatic carbocycles. The fraction of sp³-hybridized carbons (Fsp3) is 0.717. The van der Waals surface area contributed by atoms with Crippen molar-refractivity contribution in [3.63, 3.8) is 0 Å². The largest absolute Gasteiger partial charge is 0.460 e. The number of aliphatic hydroxyl groups excluding tert-OH is 1. The Labute approximate surface area is 360 Å². The summed E-state index contributed by atoms with van der Waals surface area (Å²) in [7, 11) is 3.37. The van der Waals surface area contributed by atoms with Crippen molar-refractivity contribution in [2.75, 3.05) is 27.2 Å². The first kappa shape index (κ1) is 46.6. The molecule has 4 heterocycles. The molecule has 1 aromatic carbocycles. The number of esters is 2. The number of amides is 3. The Balaban J connectivity index is 1.30. The second-order valence-corrected chi connectivity index (χ2v) is 18.7. The van der Waals surface area contributed by atoms with E-state index in [1.807, 2.05) is 24.3 Å². The quantitative estimate of drug-likeness (QED) is 0.111. The summed E-state index contributed by atoms with van der Waals surface area (Å²) in [5, 5.41) is 14.6. The molecule has 0 aromatic heterocycles. The highest BCUT2D eigenvalue weighted by Crippen LogP contribution is 2.59. The molecule has 5 fully saturated rings. The van der Waals surface area contributed by atoms with Crippen LogP contribution >= 0.6 is 0 Å². The summed E-state index contributed by atoms with van der Waals surface area (Å²) in [4.78, 5) is 78.5. The minimum atomic E-state index is -1.46. The van der Waals surface area contributed by atoms with Crippen molar-refractivity contribution < 1.29 is 52.9 Å². The van der Waals surface area contributed by atoms with Crippen LogP contribution in [0.3, 0.4) is 0 Å². The van der Waals surface area contributed by atoms with Crippen molar-refractivity contribution in [3.05, 3.63) is 41.5 Å². The van der Waals surface area contributed by atoms with Crippen molar-refractivity contribution in [1.29, 1.82) is 0 Å². The SMILES string of the molecule is CCCCCC1(CCCCC)O[C@@H]2[C@H](O1)[C@H]1ON(Cc3ccc(C=CC(=O)N(C)C)cc3)[C@H]3C(=O)O[C@@H]2C[C@@]13C(=O)N1CCC[C@@H]1C(=O)N[C@H](CO)CCC(=O)OC(C)(C)C. The fourth-order valence-electron chi connectivity index (χ4n) is 9.65. The van der Waals surface area contributed by atoms with E-state index in [-0.39, 0.29) is 44.2 Å². The predicted octanol–water partition coefficient (Wildman–Crippen LogP) is 4.82. The van der Waals surface area contributed by atoms with Crippen LogP contribution in [0.5, 0.6) is 0 Å². The number of aliphatic hydroxyl groups is 1. The number of rotatable bonds is 19. The molecule has 4 saturated heterocycles. The van der Waals surface area contributed by atoms with E-state index in [0.717, 1.165) is 49.7 Å². The third kappa shape index (κ3) is 10.3. The first-order valence-corrected chi connectivity index (χ1v) is 22.5. The van der Waals surface area contributed by atoms with Crippen LogP contribution in [0.2, 0.25) is 0 Å². The lowest BCUT2D eigenvalue weighted by molar-refractivity contribution is -0.225. The van der Waals surface area contributed by atoms with Crippen LogP contribution in [0, 0.1) is 5.41 Å². The van der Waals surface area contributed by atoms with E-state index in [4.69, 9.17) is 23.8 Å². The summed E-state index contributed by atoms with van der Waals surface area (Å²) in [6.07, 6.45) is 8.57. The van der Waals surface area contributed by atoms with Gasteiger partial charge in [0, 0.05) is 52.4 Å². The van der Waals surface area contributed by atoms with E-state index in [2.05, 4.69) is 19.2 Å². The van der Waals surface area contributed by atoms with Crippen LogP contribution in [-0.2, 0) is 54.3 Å².